The summed E-state index contributed by atoms with van der Waals surface area (Å²) in [5, 5.41) is 25.8. The number of hydrogen-bond donors (Lipinski definition) is 4. The third-order valence-corrected chi connectivity index (χ3v) is 6.42. The second kappa shape index (κ2) is 11.1. The van der Waals surface area contributed by atoms with Gasteiger partial charge in [-0.05, 0) is 30.7 Å². The summed E-state index contributed by atoms with van der Waals surface area (Å²) in [6.45, 7) is 0.209. The Kier molecular flexibility index (Phi) is 7.97. The smallest absolute Gasteiger partial charge is 0.259 e. The molecule has 0 saturated carbocycles. The van der Waals surface area contributed by atoms with Gasteiger partial charge in [0, 0.05) is 22.2 Å². The maximum absolute atomic E-state index is 13.0. The summed E-state index contributed by atoms with van der Waals surface area (Å²) in [4.78, 5) is 25.1. The molecule has 0 radical (unpaired) electrons. The minimum atomic E-state index is -0.567. The zero-order valence-corrected chi connectivity index (χ0v) is 21.1. The Morgan fingerprint density at radius 3 is 2.54 bits per heavy atom. The molecule has 1 heterocycles. The molecule has 35 heavy (non-hydrogen) atoms. The average Bonchev–Trinajstić information content (AvgIpc) is 3.24. The monoisotopic (exact) mass is 548 g/mol. The Balaban J connectivity index is 1.48. The first-order valence-corrected chi connectivity index (χ1v) is 12.3. The number of fused-ring (bicyclic) bond motifs is 1. The van der Waals surface area contributed by atoms with E-state index in [1.165, 1.54) is 12.1 Å². The minimum Gasteiger partial charge on any atom is -0.506 e. The summed E-state index contributed by atoms with van der Waals surface area (Å²) in [5.74, 6) is -0.582. The van der Waals surface area contributed by atoms with Crippen LogP contribution in [0.5, 0.6) is 11.5 Å². The fourth-order valence-electron chi connectivity index (χ4n) is 3.26. The van der Waals surface area contributed by atoms with E-state index in [4.69, 9.17) is 27.9 Å². The number of benzene rings is 3. The first-order chi connectivity index (χ1) is 16.8. The van der Waals surface area contributed by atoms with E-state index in [1.807, 2.05) is 0 Å². The van der Waals surface area contributed by atoms with Gasteiger partial charge in [0.05, 0.1) is 22.9 Å². The van der Waals surface area contributed by atoms with Gasteiger partial charge in [0.25, 0.3) is 5.91 Å². The number of aromatic hydroxyl groups is 1. The van der Waals surface area contributed by atoms with Crippen molar-refractivity contribution in [1.82, 2.24) is 10.2 Å². The molecule has 1 aromatic heterocycles. The molecular formula is C23H18Cl2N4O4S2. The lowest BCUT2D eigenvalue weighted by Gasteiger charge is -2.15. The van der Waals surface area contributed by atoms with Crippen LogP contribution in [0.1, 0.15) is 23.2 Å². The third kappa shape index (κ3) is 6.15. The molecule has 4 rings (SSSR count). The fourth-order valence-corrected chi connectivity index (χ4v) is 4.52. The predicted octanol–water partition coefficient (Wildman–Crippen LogP) is 6.04. The van der Waals surface area contributed by atoms with Gasteiger partial charge in [-0.15, -0.1) is 22.8 Å². The first-order valence-electron chi connectivity index (χ1n) is 10.3. The van der Waals surface area contributed by atoms with Crippen molar-refractivity contribution in [2.24, 2.45) is 0 Å². The molecular weight excluding hydrogens is 531 g/mol. The van der Waals surface area contributed by atoms with Crippen molar-refractivity contribution < 1.29 is 19.4 Å². The lowest BCUT2D eigenvalue weighted by atomic mass is 10.0. The number of ether oxygens (including phenoxy) is 1. The highest BCUT2D eigenvalue weighted by Crippen LogP contribution is 2.37. The van der Waals surface area contributed by atoms with Gasteiger partial charge in [-0.3, -0.25) is 9.59 Å². The molecule has 0 aliphatic heterocycles. The number of carbonyl (C=O) groups excluding carboxylic acids is 2. The Labute approximate surface area is 219 Å². The van der Waals surface area contributed by atoms with Crippen molar-refractivity contribution in [2.45, 2.75) is 17.2 Å². The zero-order valence-electron chi connectivity index (χ0n) is 17.9. The lowest BCUT2D eigenvalue weighted by molar-refractivity contribution is -0.116. The Morgan fingerprint density at radius 2 is 1.83 bits per heavy atom. The van der Waals surface area contributed by atoms with Gasteiger partial charge in [-0.2, -0.15) is 0 Å². The average molecular weight is 549 g/mol. The maximum atomic E-state index is 13.0. The summed E-state index contributed by atoms with van der Waals surface area (Å²) in [5.41, 5.74) is 0.365. The molecule has 0 unspecified atom stereocenters. The van der Waals surface area contributed by atoms with Crippen molar-refractivity contribution in [3.63, 3.8) is 0 Å². The molecule has 8 nitrogen and oxygen atoms in total. The number of nitrogens with one attached hydrogen (secondary N) is 2. The highest BCUT2D eigenvalue weighted by Gasteiger charge is 2.19. The van der Waals surface area contributed by atoms with Crippen molar-refractivity contribution in [2.75, 3.05) is 17.2 Å². The van der Waals surface area contributed by atoms with Gasteiger partial charge in [0.2, 0.25) is 11.0 Å². The number of aromatic nitrogens is 2. The summed E-state index contributed by atoms with van der Waals surface area (Å²) in [6.07, 6.45) is 0.607. The highest BCUT2D eigenvalue weighted by molar-refractivity contribution is 7.82. The zero-order chi connectivity index (χ0) is 24.9. The number of thiol groups is 1. The number of phenols is 1. The van der Waals surface area contributed by atoms with E-state index in [0.717, 1.165) is 11.3 Å². The van der Waals surface area contributed by atoms with Gasteiger partial charge in [0.15, 0.2) is 4.34 Å². The quantitative estimate of drug-likeness (QED) is 0.121. The Morgan fingerprint density at radius 1 is 1.06 bits per heavy atom. The van der Waals surface area contributed by atoms with E-state index < -0.39 is 5.91 Å². The molecule has 0 spiro atoms. The van der Waals surface area contributed by atoms with Crippen LogP contribution in [-0.2, 0) is 4.79 Å². The fraction of sp³-hybridized carbons (Fsp3) is 0.130. The molecule has 12 heteroatoms. The number of anilines is 2. The lowest BCUT2D eigenvalue weighted by Crippen LogP contribution is -2.14. The summed E-state index contributed by atoms with van der Waals surface area (Å²) in [6, 6.07) is 13.1. The van der Waals surface area contributed by atoms with Gasteiger partial charge < -0.3 is 20.5 Å². The van der Waals surface area contributed by atoms with Crippen LogP contribution in [0, 0.1) is 0 Å². The van der Waals surface area contributed by atoms with Crippen molar-refractivity contribution in [3.05, 3.63) is 64.1 Å². The standard InChI is InChI=1S/C23H18Cl2N4O4S2/c24-12-7-8-17(16(25)10-12)26-21(32)15-11-18(13-4-1-2-5-14(13)20(15)31)33-9-3-6-19(30)27-22-28-29-23(34)35-22/h1-2,4-5,7-8,10-11,31H,3,6,9H2,(H,26,32)(H,29,34)(H,27,28,30). The van der Waals surface area contributed by atoms with E-state index >= 15 is 0 Å². The number of nitrogens with zero attached hydrogens (tertiary/aromatic N) is 2. The van der Waals surface area contributed by atoms with E-state index in [9.17, 15) is 14.7 Å². The van der Waals surface area contributed by atoms with Crippen LogP contribution >= 0.6 is 47.2 Å². The molecule has 0 saturated heterocycles. The van der Waals surface area contributed by atoms with E-state index in [-0.39, 0.29) is 35.3 Å². The Bertz CT molecular complexity index is 1410. The topological polar surface area (TPSA) is 113 Å². The Hall–Kier alpha value is -3.05. The largest absolute Gasteiger partial charge is 0.506 e. The SMILES string of the molecule is O=C(CCCOc1cc(C(=O)Nc2ccc(Cl)cc2Cl)c(O)c2ccccc12)Nc1nnc(S)s1. The molecule has 0 atom stereocenters. The van der Waals surface area contributed by atoms with Crippen LogP contribution in [0.3, 0.4) is 0 Å². The number of hydrogen-bond acceptors (Lipinski definition) is 8. The number of phenolic OH excluding ortho intramolecular Hbond substituents is 1. The summed E-state index contributed by atoms with van der Waals surface area (Å²) >= 11 is 17.3. The molecule has 2 amide bonds. The van der Waals surface area contributed by atoms with Gasteiger partial charge in [-0.1, -0.05) is 58.8 Å². The van der Waals surface area contributed by atoms with E-state index in [0.29, 0.717) is 43.1 Å². The van der Waals surface area contributed by atoms with Crippen molar-refractivity contribution in [1.29, 1.82) is 0 Å². The molecule has 0 aliphatic carbocycles. The first kappa shape index (κ1) is 25.1. The predicted molar refractivity (Wildman–Crippen MR) is 141 cm³/mol. The highest BCUT2D eigenvalue weighted by atomic mass is 35.5. The molecule has 3 N–H and O–H groups in total. The van der Waals surface area contributed by atoms with Gasteiger partial charge in [0.1, 0.15) is 11.5 Å². The van der Waals surface area contributed by atoms with E-state index in [1.54, 1.807) is 36.4 Å². The molecule has 4 aromatic rings. The van der Waals surface area contributed by atoms with E-state index in [2.05, 4.69) is 33.5 Å². The third-order valence-electron chi connectivity index (χ3n) is 4.87. The van der Waals surface area contributed by atoms with Crippen molar-refractivity contribution >= 4 is 80.6 Å². The molecule has 180 valence electrons. The molecule has 3 aromatic carbocycles. The number of rotatable bonds is 8. The molecule has 0 fully saturated rings. The summed E-state index contributed by atoms with van der Waals surface area (Å²) in [7, 11) is 0. The van der Waals surface area contributed by atoms with Crippen LogP contribution < -0.4 is 15.4 Å². The van der Waals surface area contributed by atoms with Crippen LogP contribution in [0.4, 0.5) is 10.8 Å². The van der Waals surface area contributed by atoms with Crippen LogP contribution in [0.25, 0.3) is 10.8 Å². The number of halogens is 2. The van der Waals surface area contributed by atoms with Crippen LogP contribution in [0.15, 0.2) is 52.9 Å². The minimum absolute atomic E-state index is 0.0151. The second-order valence-corrected chi connectivity index (χ2v) is 9.83. The second-order valence-electron chi connectivity index (χ2n) is 7.28. The van der Waals surface area contributed by atoms with Crippen LogP contribution in [0.2, 0.25) is 10.0 Å². The number of carbonyl (C=O) groups is 2. The van der Waals surface area contributed by atoms with Crippen LogP contribution in [-0.4, -0.2) is 33.7 Å². The summed E-state index contributed by atoms with van der Waals surface area (Å²) < 4.78 is 6.37. The van der Waals surface area contributed by atoms with Gasteiger partial charge >= 0.3 is 0 Å². The van der Waals surface area contributed by atoms with Gasteiger partial charge in [-0.25, -0.2) is 0 Å². The van der Waals surface area contributed by atoms with Crippen molar-refractivity contribution in [3.8, 4) is 11.5 Å². The molecule has 0 bridgehead atoms. The normalized spacial score (nSPS) is 10.8. The molecule has 0 aliphatic rings. The maximum Gasteiger partial charge on any atom is 0.259 e. The number of amides is 2.